The number of nitrogens with one attached hydrogen (secondary N) is 1. The van der Waals surface area contributed by atoms with E-state index in [1.54, 1.807) is 6.07 Å². The SMILES string of the molecule is CC1CNCCN1c1nc2c(C#N)c(Cl)cc(Br)c2o1. The summed E-state index contributed by atoms with van der Waals surface area (Å²) >= 11 is 9.48. The quantitative estimate of drug-likeness (QED) is 0.852. The van der Waals surface area contributed by atoms with Gasteiger partial charge in [0.05, 0.1) is 9.50 Å². The van der Waals surface area contributed by atoms with Crippen LogP contribution < -0.4 is 10.2 Å². The second kappa shape index (κ2) is 5.24. The van der Waals surface area contributed by atoms with Crippen molar-refractivity contribution < 1.29 is 4.42 Å². The minimum atomic E-state index is 0.289. The Hall–Kier alpha value is -1.29. The number of hydrogen-bond acceptors (Lipinski definition) is 5. The molecule has 1 unspecified atom stereocenters. The number of oxazole rings is 1. The van der Waals surface area contributed by atoms with Crippen molar-refractivity contribution in [2.75, 3.05) is 24.5 Å². The zero-order valence-corrected chi connectivity index (χ0v) is 13.1. The molecule has 5 nitrogen and oxygen atoms in total. The van der Waals surface area contributed by atoms with Crippen molar-refractivity contribution in [3.05, 3.63) is 21.1 Å². The summed E-state index contributed by atoms with van der Waals surface area (Å²) in [6.45, 7) is 4.69. The molecule has 1 fully saturated rings. The zero-order chi connectivity index (χ0) is 14.3. The second-order valence-electron chi connectivity index (χ2n) is 4.75. The maximum atomic E-state index is 9.22. The highest BCUT2D eigenvalue weighted by Crippen LogP contribution is 2.35. The van der Waals surface area contributed by atoms with Crippen LogP contribution in [0.15, 0.2) is 15.0 Å². The molecule has 1 atom stereocenters. The fourth-order valence-electron chi connectivity index (χ4n) is 2.36. The van der Waals surface area contributed by atoms with Gasteiger partial charge in [-0.05, 0) is 28.9 Å². The molecule has 0 radical (unpaired) electrons. The van der Waals surface area contributed by atoms with Gasteiger partial charge < -0.3 is 14.6 Å². The molecule has 7 heteroatoms. The number of rotatable bonds is 1. The van der Waals surface area contributed by atoms with Gasteiger partial charge in [0.2, 0.25) is 0 Å². The van der Waals surface area contributed by atoms with Gasteiger partial charge in [-0.25, -0.2) is 0 Å². The molecule has 0 spiro atoms. The van der Waals surface area contributed by atoms with Gasteiger partial charge in [-0.15, -0.1) is 0 Å². The highest BCUT2D eigenvalue weighted by molar-refractivity contribution is 9.10. The Labute approximate surface area is 129 Å². The number of halogens is 2. The van der Waals surface area contributed by atoms with Crippen LogP contribution >= 0.6 is 27.5 Å². The molecule has 1 aromatic heterocycles. The van der Waals surface area contributed by atoms with E-state index >= 15 is 0 Å². The molecule has 0 bridgehead atoms. The van der Waals surface area contributed by atoms with E-state index in [0.29, 0.717) is 32.2 Å². The molecule has 0 aliphatic carbocycles. The Morgan fingerprint density at radius 3 is 3.15 bits per heavy atom. The molecule has 1 aliphatic rings. The number of piperazine rings is 1. The van der Waals surface area contributed by atoms with Gasteiger partial charge in [0.25, 0.3) is 6.01 Å². The minimum Gasteiger partial charge on any atom is -0.422 e. The molecular formula is C13H12BrClN4O. The Bertz CT molecular complexity index is 708. The predicted octanol–water partition coefficient (Wildman–Crippen LogP) is 2.91. The van der Waals surface area contributed by atoms with Crippen LogP contribution in [0.4, 0.5) is 6.01 Å². The van der Waals surface area contributed by atoms with Crippen LogP contribution in [-0.2, 0) is 0 Å². The normalized spacial score (nSPS) is 19.3. The Balaban J connectivity index is 2.15. The van der Waals surface area contributed by atoms with Crippen molar-refractivity contribution in [1.82, 2.24) is 10.3 Å². The highest BCUT2D eigenvalue weighted by atomic mass is 79.9. The summed E-state index contributed by atoms with van der Waals surface area (Å²) in [5.74, 6) is 0. The van der Waals surface area contributed by atoms with E-state index in [0.717, 1.165) is 19.6 Å². The molecule has 1 saturated heterocycles. The second-order valence-corrected chi connectivity index (χ2v) is 6.01. The summed E-state index contributed by atoms with van der Waals surface area (Å²) in [6, 6.07) is 4.58. The number of benzene rings is 1. The number of nitriles is 1. The number of nitrogens with zero attached hydrogens (tertiary/aromatic N) is 3. The Morgan fingerprint density at radius 2 is 2.45 bits per heavy atom. The fraction of sp³-hybridized carbons (Fsp3) is 0.385. The molecular weight excluding hydrogens is 344 g/mol. The third-order valence-electron chi connectivity index (χ3n) is 3.42. The van der Waals surface area contributed by atoms with Crippen molar-refractivity contribution in [1.29, 1.82) is 5.26 Å². The van der Waals surface area contributed by atoms with Crippen molar-refractivity contribution >= 4 is 44.6 Å². The number of anilines is 1. The van der Waals surface area contributed by atoms with Crippen LogP contribution in [0.25, 0.3) is 11.1 Å². The van der Waals surface area contributed by atoms with Crippen molar-refractivity contribution in [2.45, 2.75) is 13.0 Å². The molecule has 1 aromatic carbocycles. The van der Waals surface area contributed by atoms with Crippen LogP contribution in [0, 0.1) is 11.3 Å². The topological polar surface area (TPSA) is 65.1 Å². The third-order valence-corrected chi connectivity index (χ3v) is 4.31. The first-order chi connectivity index (χ1) is 9.61. The number of hydrogen-bond donors (Lipinski definition) is 1. The summed E-state index contributed by atoms with van der Waals surface area (Å²) in [7, 11) is 0. The lowest BCUT2D eigenvalue weighted by Crippen LogP contribution is -2.50. The lowest BCUT2D eigenvalue weighted by molar-refractivity contribution is 0.456. The van der Waals surface area contributed by atoms with Gasteiger partial charge in [0.15, 0.2) is 5.58 Å². The lowest BCUT2D eigenvalue weighted by atomic mass is 10.2. The largest absolute Gasteiger partial charge is 0.422 e. The van der Waals surface area contributed by atoms with Crippen LogP contribution in [0.5, 0.6) is 0 Å². The first-order valence-electron chi connectivity index (χ1n) is 6.28. The fourth-order valence-corrected chi connectivity index (χ4v) is 3.23. The van der Waals surface area contributed by atoms with E-state index in [1.807, 2.05) is 0 Å². The molecule has 104 valence electrons. The summed E-state index contributed by atoms with van der Waals surface area (Å²) in [6.07, 6.45) is 0. The van der Waals surface area contributed by atoms with Crippen LogP contribution in [0.3, 0.4) is 0 Å². The maximum absolute atomic E-state index is 9.22. The van der Waals surface area contributed by atoms with Crippen LogP contribution in [-0.4, -0.2) is 30.7 Å². The number of aromatic nitrogens is 1. The van der Waals surface area contributed by atoms with Crippen LogP contribution in [0.1, 0.15) is 12.5 Å². The molecule has 1 N–H and O–H groups in total. The first kappa shape index (κ1) is 13.7. The van der Waals surface area contributed by atoms with E-state index in [4.69, 9.17) is 16.0 Å². The average Bonchev–Trinajstić information content (AvgIpc) is 2.85. The Morgan fingerprint density at radius 1 is 1.65 bits per heavy atom. The van der Waals surface area contributed by atoms with E-state index in [2.05, 4.69) is 44.1 Å². The first-order valence-corrected chi connectivity index (χ1v) is 7.45. The molecule has 0 amide bonds. The zero-order valence-electron chi connectivity index (χ0n) is 10.8. The van der Waals surface area contributed by atoms with E-state index in [9.17, 15) is 5.26 Å². The molecule has 3 rings (SSSR count). The standard InChI is InChI=1S/C13H12BrClN4O/c1-7-6-17-2-3-19(7)13-18-11-8(5-16)10(15)4-9(14)12(11)20-13/h4,7,17H,2-3,6H2,1H3. The average molecular weight is 356 g/mol. The number of fused-ring (bicyclic) bond motifs is 1. The monoisotopic (exact) mass is 354 g/mol. The minimum absolute atomic E-state index is 0.289. The maximum Gasteiger partial charge on any atom is 0.298 e. The summed E-state index contributed by atoms with van der Waals surface area (Å²) in [4.78, 5) is 6.57. The summed E-state index contributed by atoms with van der Waals surface area (Å²) in [5, 5.41) is 12.9. The van der Waals surface area contributed by atoms with E-state index in [-0.39, 0.29) is 6.04 Å². The molecule has 2 aromatic rings. The molecule has 1 aliphatic heterocycles. The smallest absolute Gasteiger partial charge is 0.298 e. The van der Waals surface area contributed by atoms with E-state index < -0.39 is 0 Å². The molecule has 20 heavy (non-hydrogen) atoms. The van der Waals surface area contributed by atoms with Crippen LogP contribution in [0.2, 0.25) is 5.02 Å². The van der Waals surface area contributed by atoms with Crippen molar-refractivity contribution in [3.8, 4) is 6.07 Å². The predicted molar refractivity (Wildman–Crippen MR) is 81.1 cm³/mol. The third kappa shape index (κ3) is 2.16. The highest BCUT2D eigenvalue weighted by Gasteiger charge is 2.25. The molecule has 2 heterocycles. The van der Waals surface area contributed by atoms with Gasteiger partial charge in [-0.2, -0.15) is 10.2 Å². The van der Waals surface area contributed by atoms with Crippen molar-refractivity contribution in [3.63, 3.8) is 0 Å². The van der Waals surface area contributed by atoms with Gasteiger partial charge in [0.1, 0.15) is 17.1 Å². The van der Waals surface area contributed by atoms with Crippen molar-refractivity contribution in [2.24, 2.45) is 0 Å². The van der Waals surface area contributed by atoms with Gasteiger partial charge in [-0.3, -0.25) is 0 Å². The van der Waals surface area contributed by atoms with Gasteiger partial charge in [0, 0.05) is 25.7 Å². The van der Waals surface area contributed by atoms with E-state index in [1.165, 1.54) is 0 Å². The Kier molecular flexibility index (Phi) is 3.59. The summed E-state index contributed by atoms with van der Waals surface area (Å²) in [5.41, 5.74) is 1.42. The summed E-state index contributed by atoms with van der Waals surface area (Å²) < 4.78 is 6.54. The lowest BCUT2D eigenvalue weighted by Gasteiger charge is -2.32. The van der Waals surface area contributed by atoms with Gasteiger partial charge in [-0.1, -0.05) is 11.6 Å². The molecule has 0 saturated carbocycles. The van der Waals surface area contributed by atoms with Gasteiger partial charge >= 0.3 is 0 Å².